The van der Waals surface area contributed by atoms with Gasteiger partial charge in [0.15, 0.2) is 5.82 Å². The molecule has 19 heavy (non-hydrogen) atoms. The van der Waals surface area contributed by atoms with Crippen LogP contribution in [0.15, 0.2) is 22.2 Å². The van der Waals surface area contributed by atoms with Gasteiger partial charge in [0.25, 0.3) is 0 Å². The first-order chi connectivity index (χ1) is 9.24. The first kappa shape index (κ1) is 13.6. The molecule has 1 amide bonds. The van der Waals surface area contributed by atoms with E-state index in [4.69, 9.17) is 4.52 Å². The van der Waals surface area contributed by atoms with Crippen LogP contribution in [0, 0.1) is 6.92 Å². The van der Waals surface area contributed by atoms with E-state index in [1.807, 2.05) is 6.92 Å². The Balaban J connectivity index is 1.60. The van der Waals surface area contributed by atoms with Crippen LogP contribution in [0.25, 0.3) is 0 Å². The van der Waals surface area contributed by atoms with E-state index >= 15 is 0 Å². The van der Waals surface area contributed by atoms with Crippen LogP contribution < -0.4 is 10.6 Å². The lowest BCUT2D eigenvalue weighted by Crippen LogP contribution is -2.30. The van der Waals surface area contributed by atoms with E-state index in [0.29, 0.717) is 12.4 Å². The van der Waals surface area contributed by atoms with Crippen LogP contribution in [0.4, 0.5) is 5.82 Å². The van der Waals surface area contributed by atoms with Crippen molar-refractivity contribution in [1.82, 2.24) is 10.5 Å². The second-order valence-corrected chi connectivity index (χ2v) is 4.88. The van der Waals surface area contributed by atoms with E-state index in [0.717, 1.165) is 12.2 Å². The summed E-state index contributed by atoms with van der Waals surface area (Å²) in [4.78, 5) is 11.6. The molecule has 1 aromatic rings. The maximum atomic E-state index is 11.6. The van der Waals surface area contributed by atoms with Crippen LogP contribution in [0.3, 0.4) is 0 Å². The van der Waals surface area contributed by atoms with Gasteiger partial charge in [0, 0.05) is 12.6 Å². The van der Waals surface area contributed by atoms with Crippen molar-refractivity contribution in [3.63, 3.8) is 0 Å². The van der Waals surface area contributed by atoms with Crippen LogP contribution in [0.5, 0.6) is 0 Å². The molecule has 2 N–H and O–H groups in total. The Morgan fingerprint density at radius 3 is 3.05 bits per heavy atom. The zero-order valence-electron chi connectivity index (χ0n) is 11.4. The number of allylic oxidation sites excluding steroid dienone is 1. The smallest absolute Gasteiger partial charge is 0.239 e. The van der Waals surface area contributed by atoms with Crippen LogP contribution in [-0.2, 0) is 4.79 Å². The van der Waals surface area contributed by atoms with E-state index in [9.17, 15) is 4.79 Å². The molecule has 0 fully saturated rings. The first-order valence-electron chi connectivity index (χ1n) is 6.86. The Hall–Kier alpha value is -1.78. The van der Waals surface area contributed by atoms with Crippen molar-refractivity contribution in [2.75, 3.05) is 18.4 Å². The van der Waals surface area contributed by atoms with Gasteiger partial charge in [-0.2, -0.15) is 0 Å². The SMILES string of the molecule is Cc1cc(NCC(=O)NCCC2=CCCCC2)no1. The Morgan fingerprint density at radius 2 is 2.37 bits per heavy atom. The number of carbonyl (C=O) groups excluding carboxylic acids is 1. The summed E-state index contributed by atoms with van der Waals surface area (Å²) < 4.78 is 4.91. The highest BCUT2D eigenvalue weighted by atomic mass is 16.5. The molecular formula is C14H21N3O2. The largest absolute Gasteiger partial charge is 0.360 e. The van der Waals surface area contributed by atoms with Crippen molar-refractivity contribution in [3.05, 3.63) is 23.5 Å². The fourth-order valence-corrected chi connectivity index (χ4v) is 2.18. The predicted molar refractivity (Wildman–Crippen MR) is 73.9 cm³/mol. The summed E-state index contributed by atoms with van der Waals surface area (Å²) in [5, 5.41) is 9.59. The predicted octanol–water partition coefficient (Wildman–Crippen LogP) is 2.40. The van der Waals surface area contributed by atoms with Gasteiger partial charge in [0.2, 0.25) is 5.91 Å². The number of aromatic nitrogens is 1. The van der Waals surface area contributed by atoms with Crippen LogP contribution in [0.2, 0.25) is 0 Å². The standard InChI is InChI=1S/C14H21N3O2/c1-11-9-13(17-19-11)16-10-14(18)15-8-7-12-5-3-2-4-6-12/h5,9H,2-4,6-8,10H2,1H3,(H,15,18)(H,16,17). The third kappa shape index (κ3) is 4.77. The van der Waals surface area contributed by atoms with Crippen molar-refractivity contribution >= 4 is 11.7 Å². The fraction of sp³-hybridized carbons (Fsp3) is 0.571. The average Bonchev–Trinajstić information content (AvgIpc) is 2.83. The Bertz CT molecular complexity index is 451. The molecule has 0 radical (unpaired) electrons. The maximum Gasteiger partial charge on any atom is 0.239 e. The highest BCUT2D eigenvalue weighted by molar-refractivity contribution is 5.80. The summed E-state index contributed by atoms with van der Waals surface area (Å²) in [6, 6.07) is 1.76. The van der Waals surface area contributed by atoms with Crippen molar-refractivity contribution < 1.29 is 9.32 Å². The number of hydrogen-bond acceptors (Lipinski definition) is 4. The molecule has 5 nitrogen and oxygen atoms in total. The highest BCUT2D eigenvalue weighted by Gasteiger charge is 2.06. The quantitative estimate of drug-likeness (QED) is 0.773. The molecule has 104 valence electrons. The molecule has 0 saturated heterocycles. The molecular weight excluding hydrogens is 242 g/mol. The van der Waals surface area contributed by atoms with Gasteiger partial charge in [-0.15, -0.1) is 0 Å². The lowest BCUT2D eigenvalue weighted by Gasteiger charge is -2.12. The number of amides is 1. The third-order valence-corrected chi connectivity index (χ3v) is 3.21. The summed E-state index contributed by atoms with van der Waals surface area (Å²) in [6.07, 6.45) is 8.24. The molecule has 1 heterocycles. The van der Waals surface area contributed by atoms with Crippen molar-refractivity contribution in [1.29, 1.82) is 0 Å². The summed E-state index contributed by atoms with van der Waals surface area (Å²) in [5.74, 6) is 1.31. The molecule has 5 heteroatoms. The molecule has 1 aromatic heterocycles. The summed E-state index contributed by atoms with van der Waals surface area (Å²) >= 11 is 0. The van der Waals surface area contributed by atoms with Crippen molar-refractivity contribution in [2.45, 2.75) is 39.0 Å². The minimum atomic E-state index is -0.0166. The number of rotatable bonds is 6. The number of carbonyl (C=O) groups is 1. The second-order valence-electron chi connectivity index (χ2n) is 4.88. The van der Waals surface area contributed by atoms with Crippen LogP contribution >= 0.6 is 0 Å². The topological polar surface area (TPSA) is 67.2 Å². The molecule has 0 saturated carbocycles. The lowest BCUT2D eigenvalue weighted by atomic mass is 9.97. The monoisotopic (exact) mass is 263 g/mol. The molecule has 0 atom stereocenters. The molecule has 1 aliphatic carbocycles. The Kier molecular flexibility index (Phi) is 5.01. The summed E-state index contributed by atoms with van der Waals surface area (Å²) in [5.41, 5.74) is 1.48. The van der Waals surface area contributed by atoms with E-state index in [2.05, 4.69) is 21.9 Å². The first-order valence-corrected chi connectivity index (χ1v) is 6.86. The van der Waals surface area contributed by atoms with Gasteiger partial charge in [-0.25, -0.2) is 0 Å². The molecule has 2 rings (SSSR count). The number of aryl methyl sites for hydroxylation is 1. The average molecular weight is 263 g/mol. The zero-order valence-corrected chi connectivity index (χ0v) is 11.4. The second kappa shape index (κ2) is 6.97. The van der Waals surface area contributed by atoms with Crippen LogP contribution in [0.1, 0.15) is 37.9 Å². The van der Waals surface area contributed by atoms with Gasteiger partial charge in [-0.05, 0) is 39.0 Å². The molecule has 0 unspecified atom stereocenters. The van der Waals surface area contributed by atoms with Gasteiger partial charge in [0.1, 0.15) is 5.76 Å². The van der Waals surface area contributed by atoms with Gasteiger partial charge < -0.3 is 15.2 Å². The van der Waals surface area contributed by atoms with E-state index in [1.54, 1.807) is 6.07 Å². The van der Waals surface area contributed by atoms with E-state index < -0.39 is 0 Å². The molecule has 0 aliphatic heterocycles. The van der Waals surface area contributed by atoms with Gasteiger partial charge in [-0.3, -0.25) is 4.79 Å². The molecule has 0 bridgehead atoms. The number of nitrogens with zero attached hydrogens (tertiary/aromatic N) is 1. The minimum absolute atomic E-state index is 0.0166. The van der Waals surface area contributed by atoms with Crippen molar-refractivity contribution in [2.24, 2.45) is 0 Å². The van der Waals surface area contributed by atoms with Gasteiger partial charge >= 0.3 is 0 Å². The zero-order chi connectivity index (χ0) is 13.5. The minimum Gasteiger partial charge on any atom is -0.360 e. The van der Waals surface area contributed by atoms with Gasteiger partial charge in [0.05, 0.1) is 6.54 Å². The summed E-state index contributed by atoms with van der Waals surface area (Å²) in [7, 11) is 0. The van der Waals surface area contributed by atoms with E-state index in [-0.39, 0.29) is 12.5 Å². The summed E-state index contributed by atoms with van der Waals surface area (Å²) in [6.45, 7) is 2.76. The Labute approximate surface area is 113 Å². The molecule has 1 aliphatic rings. The number of nitrogens with one attached hydrogen (secondary N) is 2. The normalized spacial score (nSPS) is 14.9. The highest BCUT2D eigenvalue weighted by Crippen LogP contribution is 2.19. The number of anilines is 1. The lowest BCUT2D eigenvalue weighted by molar-refractivity contribution is -0.119. The van der Waals surface area contributed by atoms with E-state index in [1.165, 1.54) is 31.3 Å². The molecule has 0 aromatic carbocycles. The molecule has 0 spiro atoms. The van der Waals surface area contributed by atoms with Gasteiger partial charge in [-0.1, -0.05) is 16.8 Å². The third-order valence-electron chi connectivity index (χ3n) is 3.21. The van der Waals surface area contributed by atoms with Crippen molar-refractivity contribution in [3.8, 4) is 0 Å². The Morgan fingerprint density at radius 1 is 1.47 bits per heavy atom. The van der Waals surface area contributed by atoms with Crippen LogP contribution in [-0.4, -0.2) is 24.2 Å². The maximum absolute atomic E-state index is 11.6. The fourth-order valence-electron chi connectivity index (χ4n) is 2.18. The number of hydrogen-bond donors (Lipinski definition) is 2.